The zero-order chi connectivity index (χ0) is 47.2. The van der Waals surface area contributed by atoms with Gasteiger partial charge < -0.3 is 9.13 Å². The third-order valence-corrected chi connectivity index (χ3v) is 19.2. The smallest absolute Gasteiger partial charge is 0.226 e. The third-order valence-electron chi connectivity index (χ3n) is 14.7. The second-order valence-corrected chi connectivity index (χ2v) is 22.6. The summed E-state index contributed by atoms with van der Waals surface area (Å²) in [6.45, 7) is 4.36. The van der Waals surface area contributed by atoms with Crippen LogP contribution in [0, 0.1) is 13.8 Å². The summed E-state index contributed by atoms with van der Waals surface area (Å²) >= 11 is 0. The molecular formula is C65H45N5Si. The summed E-state index contributed by atoms with van der Waals surface area (Å²) < 4.78 is 4.92. The van der Waals surface area contributed by atoms with Crippen molar-refractivity contribution in [3.05, 3.63) is 248 Å². The molecular weight excluding hydrogens is 879 g/mol. The maximum absolute atomic E-state index is 5.77. The second-order valence-electron chi connectivity index (χ2n) is 18.9. The van der Waals surface area contributed by atoms with E-state index in [1.54, 1.807) is 0 Å². The lowest BCUT2D eigenvalue weighted by Gasteiger charge is -2.32. The lowest BCUT2D eigenvalue weighted by molar-refractivity contribution is 1.16. The fourth-order valence-electron chi connectivity index (χ4n) is 11.6. The number of hydrogen-bond acceptors (Lipinski definition) is 3. The van der Waals surface area contributed by atoms with Crippen LogP contribution in [0.25, 0.3) is 98.6 Å². The third kappa shape index (κ3) is 6.28. The second kappa shape index (κ2) is 16.1. The molecule has 4 aromatic heterocycles. The Bertz CT molecular complexity index is 4310. The van der Waals surface area contributed by atoms with Crippen LogP contribution < -0.4 is 21.0 Å². The molecule has 10 aromatic carbocycles. The van der Waals surface area contributed by atoms with Crippen molar-refractivity contribution >= 4 is 116 Å². The average molecular weight is 924 g/mol. The van der Waals surface area contributed by atoms with Gasteiger partial charge in [-0.15, -0.1) is 0 Å². The van der Waals surface area contributed by atoms with Crippen molar-refractivity contribution in [2.75, 3.05) is 0 Å². The first-order chi connectivity index (χ1) is 35.0. The Morgan fingerprint density at radius 1 is 0.310 bits per heavy atom. The fraction of sp³-hybridized carbons (Fsp3) is 0.0308. The number of nitrogens with zero attached hydrogens (tertiary/aromatic N) is 5. The Morgan fingerprint density at radius 2 is 0.775 bits per heavy atom. The van der Waals surface area contributed by atoms with E-state index in [-0.39, 0.29) is 0 Å². The van der Waals surface area contributed by atoms with Crippen molar-refractivity contribution in [2.24, 2.45) is 0 Å². The molecule has 4 heterocycles. The molecule has 0 unspecified atom stereocenters. The molecule has 0 atom stereocenters. The first-order valence-electron chi connectivity index (χ1n) is 24.3. The van der Waals surface area contributed by atoms with Crippen molar-refractivity contribution in [2.45, 2.75) is 13.8 Å². The van der Waals surface area contributed by atoms with E-state index in [9.17, 15) is 0 Å². The number of benzene rings is 10. The molecule has 0 N–H and O–H groups in total. The molecule has 0 saturated carbocycles. The van der Waals surface area contributed by atoms with Crippen LogP contribution in [0.3, 0.4) is 0 Å². The number of aromatic nitrogens is 5. The number of para-hydroxylation sites is 1. The van der Waals surface area contributed by atoms with Gasteiger partial charge in [0.25, 0.3) is 0 Å². The lowest BCUT2D eigenvalue weighted by Crippen LogP contribution is -2.76. The molecule has 0 fully saturated rings. The van der Waals surface area contributed by atoms with Crippen LogP contribution in [0.2, 0.25) is 0 Å². The van der Waals surface area contributed by atoms with Crippen LogP contribution in [0.4, 0.5) is 0 Å². The van der Waals surface area contributed by atoms with Gasteiger partial charge in [-0.1, -0.05) is 187 Å². The van der Waals surface area contributed by atoms with Gasteiger partial charge in [0.15, 0.2) is 11.3 Å². The van der Waals surface area contributed by atoms with Crippen LogP contribution in [0.5, 0.6) is 0 Å². The molecule has 334 valence electrons. The van der Waals surface area contributed by atoms with Crippen molar-refractivity contribution in [1.29, 1.82) is 0 Å². The summed E-state index contributed by atoms with van der Waals surface area (Å²) in [6, 6.07) is 86.4. The molecule has 0 saturated heterocycles. The van der Waals surface area contributed by atoms with Crippen LogP contribution in [0.1, 0.15) is 11.1 Å². The summed E-state index contributed by atoms with van der Waals surface area (Å²) in [4.78, 5) is 17.0. The van der Waals surface area contributed by atoms with E-state index in [2.05, 4.69) is 260 Å². The number of aryl methyl sites for hydroxylation is 2. The number of hydrogen-bond donors (Lipinski definition) is 0. The molecule has 6 heteroatoms. The van der Waals surface area contributed by atoms with Crippen LogP contribution in [-0.2, 0) is 0 Å². The first-order valence-corrected chi connectivity index (χ1v) is 26.3. The summed E-state index contributed by atoms with van der Waals surface area (Å²) in [5.74, 6) is 0. The van der Waals surface area contributed by atoms with Gasteiger partial charge in [0.1, 0.15) is 5.45 Å². The van der Waals surface area contributed by atoms with Gasteiger partial charge in [0.05, 0.1) is 22.1 Å². The van der Waals surface area contributed by atoms with Gasteiger partial charge in [-0.2, -0.15) is 0 Å². The Hall–Kier alpha value is -8.97. The van der Waals surface area contributed by atoms with Crippen LogP contribution in [0.15, 0.2) is 237 Å². The Morgan fingerprint density at radius 3 is 1.32 bits per heavy atom. The largest absolute Gasteiger partial charge is 0.309 e. The van der Waals surface area contributed by atoms with Gasteiger partial charge in [0.2, 0.25) is 8.07 Å². The van der Waals surface area contributed by atoms with E-state index in [4.69, 9.17) is 15.0 Å². The zero-order valence-electron chi connectivity index (χ0n) is 39.3. The topological polar surface area (TPSA) is 48.5 Å². The van der Waals surface area contributed by atoms with Crippen molar-refractivity contribution in [1.82, 2.24) is 24.1 Å². The van der Waals surface area contributed by atoms with Gasteiger partial charge in [-0.05, 0) is 106 Å². The SMILES string of the molecule is Cc1ccc2c(c1)c1cc(C)ccc1n2-c1ccc2c3cc4cc(c5ccccc5c5nc([Si](c6ccccc6)(c6ccccc6)c6ccccc6)nc(n5)c5ccccc45)c3n(-c3ccccc3)c2c1. The van der Waals surface area contributed by atoms with E-state index in [0.717, 1.165) is 60.2 Å². The molecule has 14 rings (SSSR count). The summed E-state index contributed by atoms with van der Waals surface area (Å²) in [5, 5.41) is 14.7. The molecule has 0 radical (unpaired) electrons. The first kappa shape index (κ1) is 41.0. The van der Waals surface area contributed by atoms with Gasteiger partial charge in [-0.25, -0.2) is 15.0 Å². The molecule has 0 aliphatic heterocycles. The van der Waals surface area contributed by atoms with Crippen LogP contribution in [-0.4, -0.2) is 32.2 Å². The highest BCUT2D eigenvalue weighted by molar-refractivity contribution is 7.19. The molecule has 71 heavy (non-hydrogen) atoms. The van der Waals surface area contributed by atoms with E-state index in [0.29, 0.717) is 11.3 Å². The maximum Gasteiger partial charge on any atom is 0.226 e. The number of fused-ring (bicyclic) bond motifs is 17. The maximum atomic E-state index is 5.77. The summed E-state index contributed by atoms with van der Waals surface area (Å²) in [5.41, 5.74) is 11.4. The molecule has 4 bridgehead atoms. The van der Waals surface area contributed by atoms with Gasteiger partial charge in [-0.3, -0.25) is 0 Å². The quantitative estimate of drug-likeness (QED) is 0.123. The highest BCUT2D eigenvalue weighted by Crippen LogP contribution is 2.42. The average Bonchev–Trinajstić information content (AvgIpc) is 3.93. The normalized spacial score (nSPS) is 12.1. The van der Waals surface area contributed by atoms with Gasteiger partial charge >= 0.3 is 0 Å². The molecule has 0 spiro atoms. The predicted octanol–water partition coefficient (Wildman–Crippen LogP) is 13.2. The van der Waals surface area contributed by atoms with E-state index < -0.39 is 8.07 Å². The standard InChI is InChI=1S/C65H45N5Si/c1-42-31-35-59-55(37-42)56-38-43(2)32-36-60(56)69(59)46-33-34-52-58-40-44-39-57(62(58)70(61(52)41-46)45-19-7-3-8-20-45)51-28-16-18-30-54(51)64-66-63(53-29-17-15-27-50(44)53)67-65(68-64)71(47-21-9-4-10-22-47,48-23-11-5-12-24-48)49-25-13-6-14-26-49/h3-41H,1-2H3. The van der Waals surface area contributed by atoms with E-state index >= 15 is 0 Å². The molecule has 0 aliphatic carbocycles. The van der Waals surface area contributed by atoms with Crippen molar-refractivity contribution < 1.29 is 0 Å². The lowest BCUT2D eigenvalue weighted by atomic mass is 10.00. The Balaban J connectivity index is 1.16. The Kier molecular flexibility index (Phi) is 9.28. The van der Waals surface area contributed by atoms with Gasteiger partial charge in [0, 0.05) is 49.1 Å². The minimum absolute atomic E-state index is 0.650. The van der Waals surface area contributed by atoms with E-state index in [1.807, 2.05) is 0 Å². The predicted molar refractivity (Wildman–Crippen MR) is 300 cm³/mol. The molecule has 0 amide bonds. The fourth-order valence-corrected chi connectivity index (χ4v) is 16.0. The number of rotatable bonds is 6. The monoisotopic (exact) mass is 923 g/mol. The summed E-state index contributed by atoms with van der Waals surface area (Å²) in [7, 11) is -3.18. The Labute approximate surface area is 411 Å². The van der Waals surface area contributed by atoms with Crippen LogP contribution >= 0.6 is 0 Å². The molecule has 0 aliphatic rings. The molecule has 5 nitrogen and oxygen atoms in total. The highest BCUT2D eigenvalue weighted by Gasteiger charge is 2.45. The minimum atomic E-state index is -3.18. The zero-order valence-corrected chi connectivity index (χ0v) is 40.3. The molecule has 14 aromatic rings. The van der Waals surface area contributed by atoms with E-state index in [1.165, 1.54) is 59.3 Å². The summed E-state index contributed by atoms with van der Waals surface area (Å²) in [6.07, 6.45) is 0. The minimum Gasteiger partial charge on any atom is -0.309 e. The highest BCUT2D eigenvalue weighted by atomic mass is 28.3. The van der Waals surface area contributed by atoms with Crippen molar-refractivity contribution in [3.63, 3.8) is 0 Å². The van der Waals surface area contributed by atoms with Crippen molar-refractivity contribution in [3.8, 4) is 11.4 Å².